The molecule has 3 unspecified atom stereocenters. The highest BCUT2D eigenvalue weighted by molar-refractivity contribution is 8.00. The Kier molecular flexibility index (Phi) is 7.05. The van der Waals surface area contributed by atoms with Crippen LogP contribution in [0.5, 0.6) is 0 Å². The van der Waals surface area contributed by atoms with E-state index >= 15 is 0 Å². The van der Waals surface area contributed by atoms with E-state index in [1.54, 1.807) is 0 Å². The standard InChI is InChI=1S/C20H31N3OS/c1-15-7-9-16(10-8-15)19-17(5-3-11-24-19)13-22-20(21-2)23-14-18-6-4-12-25-18/h7-10,17-19H,3-6,11-14H2,1-2H3,(H2,21,22,23). The Morgan fingerprint density at radius 2 is 1.96 bits per heavy atom. The molecular weight excluding hydrogens is 330 g/mol. The van der Waals surface area contributed by atoms with Gasteiger partial charge in [-0.05, 0) is 43.9 Å². The first-order chi connectivity index (χ1) is 12.3. The third kappa shape index (κ3) is 5.38. The van der Waals surface area contributed by atoms with Gasteiger partial charge in [0, 0.05) is 37.9 Å². The zero-order valence-corrected chi connectivity index (χ0v) is 16.3. The Labute approximate surface area is 156 Å². The van der Waals surface area contributed by atoms with Crippen LogP contribution >= 0.6 is 11.8 Å². The molecule has 4 nitrogen and oxygen atoms in total. The molecule has 2 aliphatic rings. The molecule has 25 heavy (non-hydrogen) atoms. The van der Waals surface area contributed by atoms with Gasteiger partial charge in [0.25, 0.3) is 0 Å². The Morgan fingerprint density at radius 1 is 1.16 bits per heavy atom. The highest BCUT2D eigenvalue weighted by Crippen LogP contribution is 2.33. The second kappa shape index (κ2) is 9.48. The fourth-order valence-electron chi connectivity index (χ4n) is 3.64. The number of rotatable bonds is 5. The van der Waals surface area contributed by atoms with Crippen LogP contribution in [0.15, 0.2) is 29.3 Å². The van der Waals surface area contributed by atoms with Crippen LogP contribution in [-0.2, 0) is 4.74 Å². The number of aliphatic imine (C=N–C) groups is 1. The molecule has 2 saturated heterocycles. The lowest BCUT2D eigenvalue weighted by atomic mass is 9.89. The fourth-order valence-corrected chi connectivity index (χ4v) is 4.84. The number of hydrogen-bond acceptors (Lipinski definition) is 3. The Hall–Kier alpha value is -1.20. The minimum absolute atomic E-state index is 0.186. The van der Waals surface area contributed by atoms with E-state index in [1.807, 2.05) is 7.05 Å². The summed E-state index contributed by atoms with van der Waals surface area (Å²) in [5.41, 5.74) is 2.59. The molecule has 3 rings (SSSR count). The molecule has 2 N–H and O–H groups in total. The van der Waals surface area contributed by atoms with Crippen molar-refractivity contribution in [3.8, 4) is 0 Å². The number of nitrogens with zero attached hydrogens (tertiary/aromatic N) is 1. The molecule has 0 aliphatic carbocycles. The molecule has 0 bridgehead atoms. The second-order valence-corrected chi connectivity index (χ2v) is 8.48. The average Bonchev–Trinajstić information content (AvgIpc) is 3.16. The monoisotopic (exact) mass is 361 g/mol. The summed E-state index contributed by atoms with van der Waals surface area (Å²) in [6.45, 7) is 4.90. The molecule has 5 heteroatoms. The van der Waals surface area contributed by atoms with E-state index in [1.165, 1.54) is 36.1 Å². The Morgan fingerprint density at radius 3 is 2.68 bits per heavy atom. The van der Waals surface area contributed by atoms with E-state index in [0.717, 1.165) is 37.3 Å². The van der Waals surface area contributed by atoms with Crippen LogP contribution in [0.2, 0.25) is 0 Å². The number of thioether (sulfide) groups is 1. The molecule has 0 radical (unpaired) electrons. The molecule has 2 fully saturated rings. The lowest BCUT2D eigenvalue weighted by Crippen LogP contribution is -2.43. The van der Waals surface area contributed by atoms with E-state index < -0.39 is 0 Å². The first-order valence-electron chi connectivity index (χ1n) is 9.50. The van der Waals surface area contributed by atoms with Gasteiger partial charge in [0.2, 0.25) is 0 Å². The van der Waals surface area contributed by atoms with Crippen LogP contribution in [-0.4, -0.2) is 43.7 Å². The lowest BCUT2D eigenvalue weighted by molar-refractivity contribution is -0.0265. The van der Waals surface area contributed by atoms with E-state index in [0.29, 0.717) is 5.92 Å². The maximum atomic E-state index is 6.12. The smallest absolute Gasteiger partial charge is 0.191 e. The Balaban J connectivity index is 1.52. The van der Waals surface area contributed by atoms with Crippen molar-refractivity contribution in [2.75, 3.05) is 32.5 Å². The van der Waals surface area contributed by atoms with Gasteiger partial charge >= 0.3 is 0 Å². The number of ether oxygens (including phenoxy) is 1. The van der Waals surface area contributed by atoms with E-state index in [-0.39, 0.29) is 6.10 Å². The summed E-state index contributed by atoms with van der Waals surface area (Å²) in [6.07, 6.45) is 5.19. The number of aryl methyl sites for hydroxylation is 1. The van der Waals surface area contributed by atoms with Crippen LogP contribution in [0.3, 0.4) is 0 Å². The minimum atomic E-state index is 0.186. The third-order valence-electron chi connectivity index (χ3n) is 5.13. The molecule has 0 spiro atoms. The SMILES string of the molecule is CN=C(NCC1CCCS1)NCC1CCCOC1c1ccc(C)cc1. The molecule has 0 aromatic heterocycles. The summed E-state index contributed by atoms with van der Waals surface area (Å²) in [5.74, 6) is 2.70. The number of guanidine groups is 1. The minimum Gasteiger partial charge on any atom is -0.373 e. The predicted octanol–water partition coefficient (Wildman–Crippen LogP) is 3.52. The molecule has 2 heterocycles. The van der Waals surface area contributed by atoms with Crippen molar-refractivity contribution in [1.29, 1.82) is 0 Å². The van der Waals surface area contributed by atoms with Crippen molar-refractivity contribution in [1.82, 2.24) is 10.6 Å². The van der Waals surface area contributed by atoms with E-state index in [2.05, 4.69) is 58.6 Å². The second-order valence-electron chi connectivity index (χ2n) is 7.07. The van der Waals surface area contributed by atoms with Gasteiger partial charge in [0.15, 0.2) is 5.96 Å². The van der Waals surface area contributed by atoms with E-state index in [4.69, 9.17) is 4.74 Å². The van der Waals surface area contributed by atoms with Gasteiger partial charge < -0.3 is 15.4 Å². The van der Waals surface area contributed by atoms with E-state index in [9.17, 15) is 0 Å². The lowest BCUT2D eigenvalue weighted by Gasteiger charge is -2.32. The maximum absolute atomic E-state index is 6.12. The number of benzene rings is 1. The largest absolute Gasteiger partial charge is 0.373 e. The van der Waals surface area contributed by atoms with Crippen molar-refractivity contribution in [2.45, 2.75) is 44.0 Å². The zero-order chi connectivity index (χ0) is 17.5. The normalized spacial score (nSPS) is 27.3. The molecular formula is C20H31N3OS. The summed E-state index contributed by atoms with van der Waals surface area (Å²) in [6, 6.07) is 8.78. The quantitative estimate of drug-likeness (QED) is 0.622. The Bertz CT molecular complexity index is 555. The van der Waals surface area contributed by atoms with Crippen molar-refractivity contribution in [3.63, 3.8) is 0 Å². The van der Waals surface area contributed by atoms with Gasteiger partial charge in [-0.15, -0.1) is 0 Å². The van der Waals surface area contributed by atoms with Crippen LogP contribution in [0.1, 0.15) is 42.9 Å². The van der Waals surface area contributed by atoms with Crippen LogP contribution in [0, 0.1) is 12.8 Å². The summed E-state index contributed by atoms with van der Waals surface area (Å²) >= 11 is 2.07. The maximum Gasteiger partial charge on any atom is 0.191 e. The molecule has 0 amide bonds. The summed E-state index contributed by atoms with van der Waals surface area (Å²) in [5, 5.41) is 7.75. The van der Waals surface area contributed by atoms with Crippen LogP contribution in [0.25, 0.3) is 0 Å². The van der Waals surface area contributed by atoms with Crippen LogP contribution in [0.4, 0.5) is 0 Å². The topological polar surface area (TPSA) is 45.7 Å². The van der Waals surface area contributed by atoms with Crippen molar-refractivity contribution in [3.05, 3.63) is 35.4 Å². The highest BCUT2D eigenvalue weighted by Gasteiger charge is 2.27. The fraction of sp³-hybridized carbons (Fsp3) is 0.650. The third-order valence-corrected chi connectivity index (χ3v) is 6.53. The number of nitrogens with one attached hydrogen (secondary N) is 2. The van der Waals surface area contributed by atoms with Gasteiger partial charge in [-0.25, -0.2) is 0 Å². The molecule has 138 valence electrons. The summed E-state index contributed by atoms with van der Waals surface area (Å²) < 4.78 is 6.12. The van der Waals surface area contributed by atoms with Gasteiger partial charge in [-0.3, -0.25) is 4.99 Å². The molecule has 0 saturated carbocycles. The van der Waals surface area contributed by atoms with Crippen molar-refractivity contribution >= 4 is 17.7 Å². The highest BCUT2D eigenvalue weighted by atomic mass is 32.2. The van der Waals surface area contributed by atoms with Gasteiger partial charge in [-0.2, -0.15) is 11.8 Å². The zero-order valence-electron chi connectivity index (χ0n) is 15.5. The first-order valence-corrected chi connectivity index (χ1v) is 10.6. The molecule has 2 aliphatic heterocycles. The van der Waals surface area contributed by atoms with Gasteiger partial charge in [0.05, 0.1) is 6.10 Å². The molecule has 1 aromatic carbocycles. The predicted molar refractivity (Wildman–Crippen MR) is 107 cm³/mol. The van der Waals surface area contributed by atoms with Gasteiger partial charge in [-0.1, -0.05) is 29.8 Å². The summed E-state index contributed by atoms with van der Waals surface area (Å²) in [4.78, 5) is 4.39. The average molecular weight is 362 g/mol. The molecule has 1 aromatic rings. The number of hydrogen-bond donors (Lipinski definition) is 2. The summed E-state index contributed by atoms with van der Waals surface area (Å²) in [7, 11) is 1.85. The van der Waals surface area contributed by atoms with Crippen molar-refractivity contribution in [2.24, 2.45) is 10.9 Å². The van der Waals surface area contributed by atoms with Crippen molar-refractivity contribution < 1.29 is 4.74 Å². The first kappa shape index (κ1) is 18.6. The van der Waals surface area contributed by atoms with Crippen LogP contribution < -0.4 is 10.6 Å². The van der Waals surface area contributed by atoms with Gasteiger partial charge in [0.1, 0.15) is 0 Å². The molecule has 3 atom stereocenters.